The molecule has 310 valence electrons. The van der Waals surface area contributed by atoms with Crippen molar-refractivity contribution in [3.05, 3.63) is 0 Å². The van der Waals surface area contributed by atoms with Crippen LogP contribution >= 0.6 is 0 Å². The monoisotopic (exact) mass is 772 g/mol. The molecule has 4 heterocycles. The number of hydrogen-bond donors (Lipinski definition) is 9. The van der Waals surface area contributed by atoms with E-state index in [1.165, 1.54) is 0 Å². The van der Waals surface area contributed by atoms with Crippen molar-refractivity contribution in [3.8, 4) is 0 Å². The zero-order valence-electron chi connectivity index (χ0n) is 31.9. The lowest BCUT2D eigenvalue weighted by atomic mass is 9.43. The number of aliphatic hydroxyl groups is 9. The molecule has 8 fully saturated rings. The lowest BCUT2D eigenvalue weighted by Gasteiger charge is -2.63. The van der Waals surface area contributed by atoms with Crippen molar-refractivity contribution in [2.24, 2.45) is 52.3 Å². The first-order valence-electron chi connectivity index (χ1n) is 20.5. The van der Waals surface area contributed by atoms with Crippen LogP contribution in [-0.4, -0.2) is 157 Å². The Morgan fingerprint density at radius 3 is 2.07 bits per heavy atom. The van der Waals surface area contributed by atoms with Gasteiger partial charge in [-0.3, -0.25) is 0 Å². The minimum absolute atomic E-state index is 0.0438. The molecule has 8 aliphatic rings. The smallest absolute Gasteiger partial charge is 0.187 e. The molecule has 0 bridgehead atoms. The normalized spacial score (nSPS) is 60.1. The molecule has 4 saturated carbocycles. The zero-order chi connectivity index (χ0) is 38.6. The molecule has 0 aromatic heterocycles. The number of aliphatic hydroxyl groups excluding tert-OH is 9. The van der Waals surface area contributed by atoms with Crippen LogP contribution in [0.1, 0.15) is 79.1 Å². The Morgan fingerprint density at radius 1 is 0.722 bits per heavy atom. The van der Waals surface area contributed by atoms with Crippen molar-refractivity contribution in [1.29, 1.82) is 0 Å². The van der Waals surface area contributed by atoms with Crippen LogP contribution < -0.4 is 0 Å². The molecule has 15 nitrogen and oxygen atoms in total. The van der Waals surface area contributed by atoms with Crippen LogP contribution in [0, 0.1) is 52.3 Å². The Bertz CT molecular complexity index is 1330. The van der Waals surface area contributed by atoms with E-state index in [9.17, 15) is 46.0 Å². The van der Waals surface area contributed by atoms with E-state index in [1.807, 2.05) is 0 Å². The van der Waals surface area contributed by atoms with Crippen LogP contribution in [0.2, 0.25) is 0 Å². The highest BCUT2D eigenvalue weighted by atomic mass is 16.8. The van der Waals surface area contributed by atoms with Crippen LogP contribution in [-0.2, 0) is 28.4 Å². The van der Waals surface area contributed by atoms with Gasteiger partial charge in [-0.2, -0.15) is 0 Å². The van der Waals surface area contributed by atoms with Gasteiger partial charge in [0.05, 0.1) is 44.2 Å². The second-order valence-corrected chi connectivity index (χ2v) is 18.9. The summed E-state index contributed by atoms with van der Waals surface area (Å²) in [6.07, 6.45) is -11.6. The maximum Gasteiger partial charge on any atom is 0.187 e. The first-order valence-corrected chi connectivity index (χ1v) is 20.5. The molecule has 0 radical (unpaired) electrons. The lowest BCUT2D eigenvalue weighted by Crippen LogP contribution is -2.65. The van der Waals surface area contributed by atoms with Gasteiger partial charge in [-0.05, 0) is 80.0 Å². The second kappa shape index (κ2) is 14.6. The second-order valence-electron chi connectivity index (χ2n) is 18.9. The van der Waals surface area contributed by atoms with Crippen LogP contribution in [0.3, 0.4) is 0 Å². The summed E-state index contributed by atoms with van der Waals surface area (Å²) in [6.45, 7) is 8.37. The summed E-state index contributed by atoms with van der Waals surface area (Å²) in [4.78, 5) is 0. The van der Waals surface area contributed by atoms with Gasteiger partial charge in [0.15, 0.2) is 18.4 Å². The molecule has 4 saturated heterocycles. The first-order chi connectivity index (χ1) is 25.6. The van der Waals surface area contributed by atoms with Gasteiger partial charge in [-0.1, -0.05) is 27.7 Å². The van der Waals surface area contributed by atoms with E-state index in [2.05, 4.69) is 27.7 Å². The molecule has 24 atom stereocenters. The molecular weight excluding hydrogens is 708 g/mol. The molecule has 0 aromatic carbocycles. The fourth-order valence-electron chi connectivity index (χ4n) is 13.2. The highest BCUT2D eigenvalue weighted by Crippen LogP contribution is 2.71. The average Bonchev–Trinajstić information content (AvgIpc) is 3.59. The minimum atomic E-state index is -1.79. The van der Waals surface area contributed by atoms with Crippen molar-refractivity contribution in [2.45, 2.75) is 171 Å². The van der Waals surface area contributed by atoms with Gasteiger partial charge in [-0.25, -0.2) is 0 Å². The fraction of sp³-hybridized carbons (Fsp3) is 1.00. The highest BCUT2D eigenvalue weighted by molar-refractivity contribution is 5.18. The largest absolute Gasteiger partial charge is 0.394 e. The SMILES string of the molecule is CC1CCC2(OC1)OC1CC3C4CCC5CC(OC6OC(CO)C(O)C(O)C6OC6OC(CO)C(O)C(O)C6O)C(O)CC5(C)C4CC(O)C3(C)C1C2C. The van der Waals surface area contributed by atoms with Gasteiger partial charge in [0.2, 0.25) is 0 Å². The van der Waals surface area contributed by atoms with Crippen LogP contribution in [0.5, 0.6) is 0 Å². The fourth-order valence-corrected chi connectivity index (χ4v) is 13.2. The van der Waals surface area contributed by atoms with E-state index < -0.39 is 98.7 Å². The molecule has 1 spiro atoms. The maximum atomic E-state index is 12.2. The Hall–Kier alpha value is -0.600. The number of ether oxygens (including phenoxy) is 6. The van der Waals surface area contributed by atoms with Crippen molar-refractivity contribution in [2.75, 3.05) is 19.8 Å². The predicted molar refractivity (Wildman–Crippen MR) is 186 cm³/mol. The van der Waals surface area contributed by atoms with Gasteiger partial charge in [0.25, 0.3) is 0 Å². The van der Waals surface area contributed by atoms with E-state index in [1.54, 1.807) is 0 Å². The van der Waals surface area contributed by atoms with Crippen LogP contribution in [0.15, 0.2) is 0 Å². The predicted octanol–water partition coefficient (Wildman–Crippen LogP) is -0.616. The molecule has 8 rings (SSSR count). The van der Waals surface area contributed by atoms with Crippen LogP contribution in [0.25, 0.3) is 0 Å². The third kappa shape index (κ3) is 6.09. The minimum Gasteiger partial charge on any atom is -0.394 e. The molecule has 4 aliphatic heterocycles. The van der Waals surface area contributed by atoms with Gasteiger partial charge < -0.3 is 74.4 Å². The maximum absolute atomic E-state index is 12.2. The summed E-state index contributed by atoms with van der Waals surface area (Å²) in [5.41, 5.74) is -0.590. The van der Waals surface area contributed by atoms with Gasteiger partial charge in [0.1, 0.15) is 48.8 Å². The Kier molecular flexibility index (Phi) is 10.9. The van der Waals surface area contributed by atoms with Crippen LogP contribution in [0.4, 0.5) is 0 Å². The Balaban J connectivity index is 0.978. The Morgan fingerprint density at radius 2 is 1.41 bits per heavy atom. The molecule has 15 heteroatoms. The molecular formula is C39H64O15. The summed E-state index contributed by atoms with van der Waals surface area (Å²) < 4.78 is 37.0. The summed E-state index contributed by atoms with van der Waals surface area (Å²) in [5, 5.41) is 96.7. The molecule has 54 heavy (non-hydrogen) atoms. The van der Waals surface area contributed by atoms with Crippen molar-refractivity contribution in [3.63, 3.8) is 0 Å². The van der Waals surface area contributed by atoms with Gasteiger partial charge >= 0.3 is 0 Å². The van der Waals surface area contributed by atoms with Crippen molar-refractivity contribution in [1.82, 2.24) is 0 Å². The Labute approximate surface area is 316 Å². The standard InChI is InChI=1S/C39H64O15/c1-16-7-8-39(49-15-16)17(2)28-24(54-39)10-21-19-6-5-18-9-23(22(42)12-37(18,3)20(19)11-27(43)38(21,28)4)50-36-34(32(47)30(45)26(14-41)52-36)53-35-33(48)31(46)29(44)25(13-40)51-35/h16-36,40-48H,5-15H2,1-4H3. The lowest BCUT2D eigenvalue weighted by molar-refractivity contribution is -0.376. The molecule has 24 unspecified atom stereocenters. The molecule has 9 N–H and O–H groups in total. The van der Waals surface area contributed by atoms with E-state index >= 15 is 0 Å². The summed E-state index contributed by atoms with van der Waals surface area (Å²) in [6, 6.07) is 0. The average molecular weight is 773 g/mol. The topological polar surface area (TPSA) is 237 Å². The summed E-state index contributed by atoms with van der Waals surface area (Å²) in [7, 11) is 0. The van der Waals surface area contributed by atoms with Gasteiger partial charge in [-0.15, -0.1) is 0 Å². The first kappa shape index (κ1) is 40.2. The van der Waals surface area contributed by atoms with E-state index in [0.717, 1.165) is 32.1 Å². The number of fused-ring (bicyclic) bond motifs is 7. The van der Waals surface area contributed by atoms with E-state index in [-0.39, 0.29) is 46.5 Å². The van der Waals surface area contributed by atoms with E-state index in [0.29, 0.717) is 37.7 Å². The third-order valence-electron chi connectivity index (χ3n) is 16.3. The highest BCUT2D eigenvalue weighted by Gasteiger charge is 2.72. The van der Waals surface area contributed by atoms with Crippen molar-refractivity contribution < 1.29 is 74.4 Å². The summed E-state index contributed by atoms with van der Waals surface area (Å²) >= 11 is 0. The number of hydrogen-bond acceptors (Lipinski definition) is 15. The summed E-state index contributed by atoms with van der Waals surface area (Å²) in [5.74, 6) is 1.31. The third-order valence-corrected chi connectivity index (χ3v) is 16.3. The molecule has 0 aromatic rings. The van der Waals surface area contributed by atoms with Crippen molar-refractivity contribution >= 4 is 0 Å². The molecule has 0 amide bonds. The zero-order valence-corrected chi connectivity index (χ0v) is 31.9. The quantitative estimate of drug-likeness (QED) is 0.153. The van der Waals surface area contributed by atoms with Gasteiger partial charge in [0, 0.05) is 23.7 Å². The molecule has 4 aliphatic carbocycles. The number of rotatable bonds is 6. The van der Waals surface area contributed by atoms with E-state index in [4.69, 9.17) is 28.4 Å².